The number of nitrogens with zero attached hydrogens (tertiary/aromatic N) is 1. The number of aryl methyl sites for hydroxylation is 2. The topological polar surface area (TPSA) is 39.2 Å². The van der Waals surface area contributed by atoms with Gasteiger partial charge >= 0.3 is 0 Å². The number of carbonyl (C=O) groups is 1. The van der Waals surface area contributed by atoms with E-state index in [-0.39, 0.29) is 11.5 Å². The van der Waals surface area contributed by atoms with Gasteiger partial charge in [0.1, 0.15) is 17.6 Å². The molecule has 0 amide bonds. The van der Waals surface area contributed by atoms with Crippen LogP contribution in [0.3, 0.4) is 0 Å². The van der Waals surface area contributed by atoms with Crippen LogP contribution >= 0.6 is 0 Å². The molecule has 0 bridgehead atoms. The molecule has 1 unspecified atom stereocenters. The lowest BCUT2D eigenvalue weighted by atomic mass is 9.63. The van der Waals surface area contributed by atoms with Crippen LogP contribution in [0.1, 0.15) is 50.4 Å². The summed E-state index contributed by atoms with van der Waals surface area (Å²) < 4.78 is 6.15. The van der Waals surface area contributed by atoms with Crippen LogP contribution in [0.5, 0.6) is 5.75 Å². The molecule has 0 aromatic carbocycles. The predicted molar refractivity (Wildman–Crippen MR) is 73.3 cm³/mol. The first kappa shape index (κ1) is 12.6. The van der Waals surface area contributed by atoms with Gasteiger partial charge in [-0.05, 0) is 38.3 Å². The van der Waals surface area contributed by atoms with Crippen molar-refractivity contribution in [1.82, 2.24) is 4.98 Å². The first-order valence-corrected chi connectivity index (χ1v) is 7.32. The molecule has 102 valence electrons. The number of ether oxygens (including phenoxy) is 1. The Labute approximate surface area is 114 Å². The Morgan fingerprint density at radius 2 is 2.11 bits per heavy atom. The monoisotopic (exact) mass is 259 g/mol. The summed E-state index contributed by atoms with van der Waals surface area (Å²) in [7, 11) is 0. The van der Waals surface area contributed by atoms with Gasteiger partial charge in [0, 0.05) is 12.1 Å². The van der Waals surface area contributed by atoms with Crippen molar-refractivity contribution in [2.75, 3.05) is 0 Å². The van der Waals surface area contributed by atoms with Gasteiger partial charge in [-0.3, -0.25) is 9.78 Å². The highest BCUT2D eigenvalue weighted by Crippen LogP contribution is 2.52. The Balaban J connectivity index is 1.81. The minimum absolute atomic E-state index is 0.0808. The van der Waals surface area contributed by atoms with Crippen LogP contribution in [0.15, 0.2) is 12.1 Å². The Hall–Kier alpha value is -1.38. The van der Waals surface area contributed by atoms with E-state index >= 15 is 0 Å². The number of aromatic nitrogens is 1. The molecule has 3 rings (SSSR count). The number of rotatable bonds is 3. The molecule has 1 heterocycles. The summed E-state index contributed by atoms with van der Waals surface area (Å²) in [5.41, 5.74) is 1.87. The van der Waals surface area contributed by atoms with E-state index in [9.17, 15) is 4.79 Å². The summed E-state index contributed by atoms with van der Waals surface area (Å²) in [4.78, 5) is 16.5. The van der Waals surface area contributed by atoms with Crippen molar-refractivity contribution in [2.24, 2.45) is 5.41 Å². The molecule has 0 aliphatic heterocycles. The summed E-state index contributed by atoms with van der Waals surface area (Å²) in [6, 6.07) is 3.99. The largest absolute Gasteiger partial charge is 0.487 e. The van der Waals surface area contributed by atoms with Crippen molar-refractivity contribution in [3.05, 3.63) is 23.5 Å². The van der Waals surface area contributed by atoms with Crippen molar-refractivity contribution < 1.29 is 9.53 Å². The molecule has 2 aliphatic carbocycles. The van der Waals surface area contributed by atoms with Gasteiger partial charge in [-0.1, -0.05) is 19.8 Å². The van der Waals surface area contributed by atoms with Crippen LogP contribution in [0.25, 0.3) is 0 Å². The first-order valence-electron chi connectivity index (χ1n) is 7.32. The van der Waals surface area contributed by atoms with Gasteiger partial charge in [-0.15, -0.1) is 0 Å². The van der Waals surface area contributed by atoms with Gasteiger partial charge in [0.15, 0.2) is 0 Å². The number of hydrogen-bond donors (Lipinski definition) is 0. The molecule has 1 aromatic rings. The maximum absolute atomic E-state index is 12.0. The Bertz CT molecular complexity index is 503. The summed E-state index contributed by atoms with van der Waals surface area (Å²) in [6.07, 6.45) is 5.88. The molecule has 2 aliphatic rings. The lowest BCUT2D eigenvalue weighted by Gasteiger charge is -2.44. The molecule has 2 fully saturated rings. The van der Waals surface area contributed by atoms with Crippen molar-refractivity contribution in [3.63, 3.8) is 0 Å². The first-order chi connectivity index (χ1) is 9.15. The molecule has 19 heavy (non-hydrogen) atoms. The number of pyridine rings is 1. The van der Waals surface area contributed by atoms with Gasteiger partial charge in [0.2, 0.25) is 0 Å². The maximum atomic E-state index is 12.0. The standard InChI is InChI=1S/C16H21NO2/c1-3-12-13(7-6-11(2)17-12)19-15-10-14(18)16(15)8-4-5-9-16/h6-7,15H,3-5,8-10H2,1-2H3. The average molecular weight is 259 g/mol. The van der Waals surface area contributed by atoms with Gasteiger partial charge in [-0.25, -0.2) is 0 Å². The molecule has 0 saturated heterocycles. The Kier molecular flexibility index (Phi) is 3.08. The molecule has 3 nitrogen and oxygen atoms in total. The highest BCUT2D eigenvalue weighted by atomic mass is 16.5. The van der Waals surface area contributed by atoms with Gasteiger partial charge in [0.05, 0.1) is 11.1 Å². The van der Waals surface area contributed by atoms with Crippen LogP contribution in [-0.2, 0) is 11.2 Å². The lowest BCUT2D eigenvalue weighted by Crippen LogP contribution is -2.55. The summed E-state index contributed by atoms with van der Waals surface area (Å²) in [5, 5.41) is 0. The number of ketones is 1. The second-order valence-corrected chi connectivity index (χ2v) is 5.85. The zero-order chi connectivity index (χ0) is 13.5. The fourth-order valence-electron chi connectivity index (χ4n) is 3.49. The molecule has 1 atom stereocenters. The van der Waals surface area contributed by atoms with E-state index in [1.54, 1.807) is 0 Å². The summed E-state index contributed by atoms with van der Waals surface area (Å²) >= 11 is 0. The van der Waals surface area contributed by atoms with Crippen LogP contribution in [0, 0.1) is 12.3 Å². The predicted octanol–water partition coefficient (Wildman–Crippen LogP) is 3.23. The second-order valence-electron chi connectivity index (χ2n) is 5.85. The van der Waals surface area contributed by atoms with E-state index in [2.05, 4.69) is 11.9 Å². The zero-order valence-corrected chi connectivity index (χ0v) is 11.7. The molecule has 3 heteroatoms. The summed E-state index contributed by atoms with van der Waals surface area (Å²) in [5.74, 6) is 1.28. The fraction of sp³-hybridized carbons (Fsp3) is 0.625. The van der Waals surface area contributed by atoms with E-state index in [0.29, 0.717) is 12.2 Å². The minimum atomic E-state index is -0.157. The molecule has 1 spiro atoms. The van der Waals surface area contributed by atoms with Gasteiger partial charge in [0.25, 0.3) is 0 Å². The normalized spacial score (nSPS) is 24.5. The molecule has 0 N–H and O–H groups in total. The van der Waals surface area contributed by atoms with Crippen molar-refractivity contribution in [1.29, 1.82) is 0 Å². The highest BCUT2D eigenvalue weighted by molar-refractivity contribution is 5.92. The highest BCUT2D eigenvalue weighted by Gasteiger charge is 2.57. The minimum Gasteiger partial charge on any atom is -0.487 e. The van der Waals surface area contributed by atoms with Gasteiger partial charge < -0.3 is 4.74 Å². The Morgan fingerprint density at radius 3 is 2.74 bits per heavy atom. The number of carbonyl (C=O) groups excluding carboxylic acids is 1. The fourth-order valence-corrected chi connectivity index (χ4v) is 3.49. The molecular formula is C16H21NO2. The average Bonchev–Trinajstić information content (AvgIpc) is 2.92. The van der Waals surface area contributed by atoms with E-state index < -0.39 is 0 Å². The van der Waals surface area contributed by atoms with Crippen LogP contribution in [-0.4, -0.2) is 16.9 Å². The second kappa shape index (κ2) is 4.62. The van der Waals surface area contributed by atoms with Crippen molar-refractivity contribution in [2.45, 2.75) is 58.5 Å². The third kappa shape index (κ3) is 1.96. The van der Waals surface area contributed by atoms with E-state index in [0.717, 1.165) is 36.4 Å². The molecule has 1 aromatic heterocycles. The lowest BCUT2D eigenvalue weighted by molar-refractivity contribution is -0.151. The number of Topliss-reactive ketones (excluding diaryl/α,β-unsaturated/α-hetero) is 1. The maximum Gasteiger partial charge on any atom is 0.146 e. The van der Waals surface area contributed by atoms with Crippen LogP contribution in [0.2, 0.25) is 0 Å². The molecular weight excluding hydrogens is 238 g/mol. The molecule has 0 radical (unpaired) electrons. The third-order valence-electron chi connectivity index (χ3n) is 4.71. The Morgan fingerprint density at radius 1 is 1.37 bits per heavy atom. The van der Waals surface area contributed by atoms with Crippen LogP contribution < -0.4 is 4.74 Å². The smallest absolute Gasteiger partial charge is 0.146 e. The zero-order valence-electron chi connectivity index (χ0n) is 11.7. The van der Waals surface area contributed by atoms with Crippen molar-refractivity contribution in [3.8, 4) is 5.75 Å². The van der Waals surface area contributed by atoms with Crippen molar-refractivity contribution >= 4 is 5.78 Å². The van der Waals surface area contributed by atoms with E-state index in [1.165, 1.54) is 12.8 Å². The number of hydrogen-bond acceptors (Lipinski definition) is 3. The van der Waals surface area contributed by atoms with Crippen LogP contribution in [0.4, 0.5) is 0 Å². The summed E-state index contributed by atoms with van der Waals surface area (Å²) in [6.45, 7) is 4.08. The van der Waals surface area contributed by atoms with E-state index in [1.807, 2.05) is 19.1 Å². The van der Waals surface area contributed by atoms with Gasteiger partial charge in [-0.2, -0.15) is 0 Å². The molecule has 2 saturated carbocycles. The van der Waals surface area contributed by atoms with E-state index in [4.69, 9.17) is 4.74 Å². The quantitative estimate of drug-likeness (QED) is 0.836. The SMILES string of the molecule is CCc1nc(C)ccc1OC1CC(=O)C12CCCC2. The third-order valence-corrected chi connectivity index (χ3v) is 4.71.